The molecule has 2 aliphatic heterocycles. The number of likely N-dealkylation sites (tertiary alicyclic amines) is 2. The fraction of sp³-hybridized carbons (Fsp3) is 0.520. The zero-order valence-corrected chi connectivity index (χ0v) is 17.7. The summed E-state index contributed by atoms with van der Waals surface area (Å²) < 4.78 is 0. The SMILES string of the molecule is O=C(CCc1cccnc1)N1C[C@@H]2CN(CCCO)C[C@]2(CCc2ccccc2)C1. The molecule has 0 spiro atoms. The molecule has 1 aromatic heterocycles. The molecule has 0 radical (unpaired) electrons. The Morgan fingerprint density at radius 1 is 1.07 bits per heavy atom. The van der Waals surface area contributed by atoms with Gasteiger partial charge in [-0.05, 0) is 48.8 Å². The summed E-state index contributed by atoms with van der Waals surface area (Å²) in [4.78, 5) is 21.8. The number of aliphatic hydroxyl groups excluding tert-OH is 1. The number of rotatable bonds is 9. The Balaban J connectivity index is 1.40. The van der Waals surface area contributed by atoms with Gasteiger partial charge in [-0.2, -0.15) is 0 Å². The fourth-order valence-electron chi connectivity index (χ4n) is 5.30. The number of pyridine rings is 1. The van der Waals surface area contributed by atoms with Crippen LogP contribution in [0.15, 0.2) is 54.9 Å². The first-order valence-corrected chi connectivity index (χ1v) is 11.2. The van der Waals surface area contributed by atoms with Crippen LogP contribution in [-0.2, 0) is 17.6 Å². The van der Waals surface area contributed by atoms with Gasteiger partial charge in [-0.3, -0.25) is 9.78 Å². The predicted octanol–water partition coefficient (Wildman–Crippen LogP) is 2.79. The third kappa shape index (κ3) is 4.90. The number of carbonyl (C=O) groups is 1. The lowest BCUT2D eigenvalue weighted by molar-refractivity contribution is -0.130. The minimum Gasteiger partial charge on any atom is -0.396 e. The first-order valence-electron chi connectivity index (χ1n) is 11.2. The van der Waals surface area contributed by atoms with E-state index in [-0.39, 0.29) is 17.9 Å². The van der Waals surface area contributed by atoms with Crippen LogP contribution in [-0.4, -0.2) is 65.1 Å². The summed E-state index contributed by atoms with van der Waals surface area (Å²) >= 11 is 0. The predicted molar refractivity (Wildman–Crippen MR) is 118 cm³/mol. The topological polar surface area (TPSA) is 56.7 Å². The highest BCUT2D eigenvalue weighted by Crippen LogP contribution is 2.46. The Bertz CT molecular complexity index is 814. The molecule has 0 saturated carbocycles. The Morgan fingerprint density at radius 3 is 2.67 bits per heavy atom. The van der Waals surface area contributed by atoms with Gasteiger partial charge in [0.2, 0.25) is 5.91 Å². The van der Waals surface area contributed by atoms with Crippen LogP contribution in [0.1, 0.15) is 30.4 Å². The Kier molecular flexibility index (Phi) is 6.80. The van der Waals surface area contributed by atoms with Gasteiger partial charge >= 0.3 is 0 Å². The second-order valence-corrected chi connectivity index (χ2v) is 8.99. The van der Waals surface area contributed by atoms with E-state index in [9.17, 15) is 9.90 Å². The van der Waals surface area contributed by atoms with Crippen molar-refractivity contribution in [3.63, 3.8) is 0 Å². The van der Waals surface area contributed by atoms with Gasteiger partial charge in [-0.15, -0.1) is 0 Å². The van der Waals surface area contributed by atoms with E-state index in [4.69, 9.17) is 0 Å². The van der Waals surface area contributed by atoms with Gasteiger partial charge in [-0.1, -0.05) is 36.4 Å². The van der Waals surface area contributed by atoms with Gasteiger partial charge in [0.15, 0.2) is 0 Å². The summed E-state index contributed by atoms with van der Waals surface area (Å²) in [5.41, 5.74) is 2.68. The van der Waals surface area contributed by atoms with Crippen LogP contribution in [0, 0.1) is 11.3 Å². The van der Waals surface area contributed by atoms with Crippen molar-refractivity contribution in [1.82, 2.24) is 14.8 Å². The maximum atomic E-state index is 13.0. The minimum atomic E-state index is 0.176. The van der Waals surface area contributed by atoms with E-state index in [2.05, 4.69) is 45.1 Å². The van der Waals surface area contributed by atoms with Crippen LogP contribution in [0.25, 0.3) is 0 Å². The summed E-state index contributed by atoms with van der Waals surface area (Å²) in [7, 11) is 0. The molecule has 2 saturated heterocycles. The van der Waals surface area contributed by atoms with Gasteiger partial charge < -0.3 is 14.9 Å². The number of amides is 1. The van der Waals surface area contributed by atoms with Crippen molar-refractivity contribution in [2.75, 3.05) is 39.3 Å². The molecule has 0 bridgehead atoms. The molecule has 0 aliphatic carbocycles. The zero-order chi connectivity index (χ0) is 20.8. The molecule has 0 unspecified atom stereocenters. The molecule has 5 nitrogen and oxygen atoms in total. The highest BCUT2D eigenvalue weighted by molar-refractivity contribution is 5.77. The maximum absolute atomic E-state index is 13.0. The second-order valence-electron chi connectivity index (χ2n) is 8.99. The lowest BCUT2D eigenvalue weighted by Gasteiger charge is -2.30. The van der Waals surface area contributed by atoms with E-state index in [1.807, 2.05) is 18.3 Å². The first-order chi connectivity index (χ1) is 14.7. The van der Waals surface area contributed by atoms with E-state index >= 15 is 0 Å². The van der Waals surface area contributed by atoms with E-state index in [0.717, 1.165) is 64.0 Å². The number of aryl methyl sites for hydroxylation is 2. The lowest BCUT2D eigenvalue weighted by Crippen LogP contribution is -2.37. The van der Waals surface area contributed by atoms with E-state index in [1.165, 1.54) is 5.56 Å². The normalized spacial score (nSPS) is 23.6. The standard InChI is InChI=1S/C25H33N3O2/c29-15-5-14-27-17-23-18-28(24(30)10-9-22-8-4-13-26-16-22)20-25(23,19-27)12-11-21-6-2-1-3-7-21/h1-4,6-8,13,16,23,29H,5,9-12,14-15,17-20H2/t23-,25+/m0/s1. The molecule has 2 fully saturated rings. The van der Waals surface area contributed by atoms with Gasteiger partial charge in [-0.25, -0.2) is 0 Å². The summed E-state index contributed by atoms with van der Waals surface area (Å²) in [6.45, 7) is 5.02. The molecule has 5 heteroatoms. The van der Waals surface area contributed by atoms with Gasteiger partial charge in [0.05, 0.1) is 0 Å². The molecule has 30 heavy (non-hydrogen) atoms. The largest absolute Gasteiger partial charge is 0.396 e. The number of aliphatic hydroxyl groups is 1. The van der Waals surface area contributed by atoms with Crippen molar-refractivity contribution in [3.05, 3.63) is 66.0 Å². The highest BCUT2D eigenvalue weighted by Gasteiger charge is 2.52. The molecular weight excluding hydrogens is 374 g/mol. The van der Waals surface area contributed by atoms with E-state index in [1.54, 1.807) is 6.20 Å². The smallest absolute Gasteiger partial charge is 0.222 e. The molecule has 1 N–H and O–H groups in total. The van der Waals surface area contributed by atoms with Crippen LogP contribution >= 0.6 is 0 Å². The molecule has 4 rings (SSSR count). The van der Waals surface area contributed by atoms with Crippen molar-refractivity contribution < 1.29 is 9.90 Å². The van der Waals surface area contributed by atoms with Crippen LogP contribution in [0.3, 0.4) is 0 Å². The second kappa shape index (κ2) is 9.71. The zero-order valence-electron chi connectivity index (χ0n) is 17.7. The average molecular weight is 408 g/mol. The molecule has 2 aromatic rings. The molecule has 1 aromatic carbocycles. The fourth-order valence-corrected chi connectivity index (χ4v) is 5.30. The number of nitrogens with zero attached hydrogens (tertiary/aromatic N) is 3. The molecular formula is C25H33N3O2. The number of hydrogen-bond donors (Lipinski definition) is 1. The van der Waals surface area contributed by atoms with Crippen LogP contribution in [0.5, 0.6) is 0 Å². The Hall–Kier alpha value is -2.24. The summed E-state index contributed by atoms with van der Waals surface area (Å²) in [5.74, 6) is 0.802. The van der Waals surface area contributed by atoms with E-state index < -0.39 is 0 Å². The summed E-state index contributed by atoms with van der Waals surface area (Å²) in [6.07, 6.45) is 7.94. The average Bonchev–Trinajstić information content (AvgIpc) is 3.30. The monoisotopic (exact) mass is 407 g/mol. The maximum Gasteiger partial charge on any atom is 0.222 e. The van der Waals surface area contributed by atoms with Crippen LogP contribution in [0.4, 0.5) is 0 Å². The quantitative estimate of drug-likeness (QED) is 0.695. The van der Waals surface area contributed by atoms with Crippen LogP contribution < -0.4 is 0 Å². The van der Waals surface area contributed by atoms with Crippen molar-refractivity contribution in [1.29, 1.82) is 0 Å². The molecule has 160 valence electrons. The third-order valence-electron chi connectivity index (χ3n) is 6.92. The van der Waals surface area contributed by atoms with Gasteiger partial charge in [0.25, 0.3) is 0 Å². The van der Waals surface area contributed by atoms with Gasteiger partial charge in [0.1, 0.15) is 0 Å². The first kappa shape index (κ1) is 21.0. The van der Waals surface area contributed by atoms with E-state index in [0.29, 0.717) is 12.3 Å². The number of fused-ring (bicyclic) bond motifs is 1. The van der Waals surface area contributed by atoms with Gasteiger partial charge in [0, 0.05) is 63.6 Å². The van der Waals surface area contributed by atoms with Crippen molar-refractivity contribution in [3.8, 4) is 0 Å². The Labute approximate surface area is 179 Å². The van der Waals surface area contributed by atoms with Crippen molar-refractivity contribution >= 4 is 5.91 Å². The number of carbonyl (C=O) groups excluding carboxylic acids is 1. The molecule has 1 amide bonds. The molecule has 2 aliphatic rings. The third-order valence-corrected chi connectivity index (χ3v) is 6.92. The van der Waals surface area contributed by atoms with Crippen LogP contribution in [0.2, 0.25) is 0 Å². The minimum absolute atomic E-state index is 0.176. The molecule has 3 heterocycles. The number of aromatic nitrogens is 1. The number of benzene rings is 1. The number of hydrogen-bond acceptors (Lipinski definition) is 4. The highest BCUT2D eigenvalue weighted by atomic mass is 16.3. The van der Waals surface area contributed by atoms with Crippen molar-refractivity contribution in [2.45, 2.75) is 32.1 Å². The summed E-state index contributed by atoms with van der Waals surface area (Å²) in [5, 5.41) is 9.23. The van der Waals surface area contributed by atoms with Crippen molar-refractivity contribution in [2.24, 2.45) is 11.3 Å². The lowest BCUT2D eigenvalue weighted by atomic mass is 9.76. The Morgan fingerprint density at radius 2 is 1.90 bits per heavy atom. The summed E-state index contributed by atoms with van der Waals surface area (Å²) in [6, 6.07) is 14.7. The molecule has 2 atom stereocenters.